The Kier molecular flexibility index (Phi) is 11.1. The molecule has 1 rings (SSSR count). The van der Waals surface area contributed by atoms with Crippen molar-refractivity contribution >= 4 is 23.5 Å². The van der Waals surface area contributed by atoms with Gasteiger partial charge in [-0.25, -0.2) is 0 Å². The molecule has 1 saturated carbocycles. The first kappa shape index (κ1) is 22.2. The average Bonchev–Trinajstić information content (AvgIpc) is 2.82. The van der Waals surface area contributed by atoms with Gasteiger partial charge in [0, 0.05) is 24.7 Å². The van der Waals surface area contributed by atoms with Crippen LogP contribution in [-0.4, -0.2) is 50.8 Å². The third-order valence-corrected chi connectivity index (χ3v) is 5.75. The van der Waals surface area contributed by atoms with Crippen molar-refractivity contribution in [2.75, 3.05) is 11.5 Å². The number of rotatable bonds is 13. The van der Waals surface area contributed by atoms with E-state index in [9.17, 15) is 19.8 Å². The van der Waals surface area contributed by atoms with E-state index in [1.807, 2.05) is 6.08 Å². The summed E-state index contributed by atoms with van der Waals surface area (Å²) >= 11 is 1.65. The molecule has 0 aliphatic heterocycles. The first-order valence-corrected chi connectivity index (χ1v) is 10.5. The fraction of sp³-hybridized carbons (Fsp3) is 0.789. The first-order chi connectivity index (χ1) is 12.0. The molecule has 0 unspecified atom stereocenters. The summed E-state index contributed by atoms with van der Waals surface area (Å²) in [7, 11) is 0. The summed E-state index contributed by atoms with van der Waals surface area (Å²) in [6.07, 6.45) is 7.97. The lowest BCUT2D eigenvalue weighted by Gasteiger charge is -2.18. The fourth-order valence-corrected chi connectivity index (χ4v) is 4.16. The van der Waals surface area contributed by atoms with Crippen molar-refractivity contribution in [2.45, 2.75) is 70.5 Å². The summed E-state index contributed by atoms with van der Waals surface area (Å²) in [6, 6.07) is 0. The molecule has 0 aromatic heterocycles. The number of carboxylic acid groups (broad SMARTS) is 1. The van der Waals surface area contributed by atoms with Gasteiger partial charge in [0.05, 0.1) is 12.2 Å². The summed E-state index contributed by atoms with van der Waals surface area (Å²) in [4.78, 5) is 22.6. The Bertz CT molecular complexity index is 438. The van der Waals surface area contributed by atoms with Crippen LogP contribution in [0, 0.1) is 11.8 Å². The van der Waals surface area contributed by atoms with Gasteiger partial charge >= 0.3 is 5.97 Å². The second-order valence-corrected chi connectivity index (χ2v) is 7.99. The van der Waals surface area contributed by atoms with Gasteiger partial charge in [0.1, 0.15) is 5.78 Å². The third-order valence-electron chi connectivity index (χ3n) is 4.64. The van der Waals surface area contributed by atoms with Crippen LogP contribution in [0.5, 0.6) is 0 Å². The van der Waals surface area contributed by atoms with E-state index in [4.69, 9.17) is 5.11 Å². The number of Topliss-reactive ketones (excluding diaryl/α,β-unsaturated/α-hetero) is 1. The molecule has 3 N–H and O–H groups in total. The molecular formula is C19H32O5S. The van der Waals surface area contributed by atoms with E-state index >= 15 is 0 Å². The minimum absolute atomic E-state index is 0.0914. The molecule has 0 aromatic carbocycles. The second kappa shape index (κ2) is 12.5. The quantitative estimate of drug-likeness (QED) is 0.340. The van der Waals surface area contributed by atoms with E-state index in [1.165, 1.54) is 0 Å². The number of aliphatic hydroxyl groups is 2. The maximum Gasteiger partial charge on any atom is 0.303 e. The second-order valence-electron chi connectivity index (χ2n) is 6.77. The van der Waals surface area contributed by atoms with Crippen LogP contribution in [0.3, 0.4) is 0 Å². The highest BCUT2D eigenvalue weighted by atomic mass is 32.2. The molecule has 1 fully saturated rings. The molecule has 1 aliphatic carbocycles. The molecule has 0 heterocycles. The molecule has 25 heavy (non-hydrogen) atoms. The van der Waals surface area contributed by atoms with Crippen molar-refractivity contribution in [1.82, 2.24) is 0 Å². The molecule has 0 amide bonds. The van der Waals surface area contributed by atoms with Crippen LogP contribution in [-0.2, 0) is 9.59 Å². The van der Waals surface area contributed by atoms with Crippen LogP contribution in [0.1, 0.15) is 58.3 Å². The van der Waals surface area contributed by atoms with Gasteiger partial charge in [-0.2, -0.15) is 11.8 Å². The van der Waals surface area contributed by atoms with E-state index in [-0.39, 0.29) is 30.5 Å². The van der Waals surface area contributed by atoms with Gasteiger partial charge in [-0.1, -0.05) is 38.3 Å². The lowest BCUT2D eigenvalue weighted by atomic mass is 9.91. The number of aliphatic carboxylic acids is 1. The summed E-state index contributed by atoms with van der Waals surface area (Å²) in [5.74, 6) is 0.457. The molecule has 0 spiro atoms. The third kappa shape index (κ3) is 8.88. The molecule has 4 atom stereocenters. The zero-order valence-electron chi connectivity index (χ0n) is 15.1. The average molecular weight is 373 g/mol. The van der Waals surface area contributed by atoms with E-state index in [2.05, 4.69) is 6.92 Å². The smallest absolute Gasteiger partial charge is 0.303 e. The monoisotopic (exact) mass is 372 g/mol. The Hall–Kier alpha value is -0.850. The number of ketones is 1. The van der Waals surface area contributed by atoms with Crippen LogP contribution in [0.2, 0.25) is 0 Å². The van der Waals surface area contributed by atoms with Crippen LogP contribution >= 0.6 is 11.8 Å². The minimum atomic E-state index is -0.780. The Morgan fingerprint density at radius 3 is 2.76 bits per heavy atom. The lowest BCUT2D eigenvalue weighted by Crippen LogP contribution is -2.20. The minimum Gasteiger partial charge on any atom is -0.481 e. The Morgan fingerprint density at radius 1 is 1.32 bits per heavy atom. The molecular weight excluding hydrogens is 340 g/mol. The van der Waals surface area contributed by atoms with Crippen molar-refractivity contribution in [3.05, 3.63) is 12.2 Å². The zero-order chi connectivity index (χ0) is 18.7. The lowest BCUT2D eigenvalue weighted by molar-refractivity contribution is -0.137. The molecule has 144 valence electrons. The number of hydrogen-bond acceptors (Lipinski definition) is 5. The molecule has 0 saturated heterocycles. The SMILES string of the molecule is CCCCC[C@H](O)/C=C/[C@H]1[C@H](O)CC(=O)[C@@H]1CCSCCCC(=O)O. The highest BCUT2D eigenvalue weighted by molar-refractivity contribution is 7.99. The van der Waals surface area contributed by atoms with Crippen molar-refractivity contribution in [3.63, 3.8) is 0 Å². The Balaban J connectivity index is 2.39. The van der Waals surface area contributed by atoms with Crippen molar-refractivity contribution in [1.29, 1.82) is 0 Å². The summed E-state index contributed by atoms with van der Waals surface area (Å²) in [5.41, 5.74) is 0. The fourth-order valence-electron chi connectivity index (χ4n) is 3.19. The Morgan fingerprint density at radius 2 is 2.08 bits per heavy atom. The number of hydrogen-bond donors (Lipinski definition) is 3. The summed E-state index contributed by atoms with van der Waals surface area (Å²) < 4.78 is 0. The molecule has 0 aromatic rings. The molecule has 6 heteroatoms. The van der Waals surface area contributed by atoms with Crippen molar-refractivity contribution < 1.29 is 24.9 Å². The van der Waals surface area contributed by atoms with Crippen LogP contribution in [0.4, 0.5) is 0 Å². The zero-order valence-corrected chi connectivity index (χ0v) is 15.9. The number of carboxylic acids is 1. The van der Waals surface area contributed by atoms with E-state index < -0.39 is 18.2 Å². The highest BCUT2D eigenvalue weighted by Gasteiger charge is 2.39. The molecule has 5 nitrogen and oxygen atoms in total. The topological polar surface area (TPSA) is 94.8 Å². The molecule has 0 bridgehead atoms. The number of carbonyl (C=O) groups excluding carboxylic acids is 1. The summed E-state index contributed by atoms with van der Waals surface area (Å²) in [5, 5.41) is 28.7. The van der Waals surface area contributed by atoms with Gasteiger partial charge in [-0.15, -0.1) is 0 Å². The van der Waals surface area contributed by atoms with E-state index in [0.29, 0.717) is 19.3 Å². The maximum absolute atomic E-state index is 12.1. The number of unbranched alkanes of at least 4 members (excludes halogenated alkanes) is 2. The van der Waals surface area contributed by atoms with Gasteiger partial charge in [0.15, 0.2) is 0 Å². The Labute approximate surface area is 154 Å². The number of carbonyl (C=O) groups is 2. The standard InChI is InChI=1S/C19H32O5S/c1-2-3-4-6-14(20)8-9-15-16(18(22)13-17(15)21)10-12-25-11-5-7-19(23)24/h8-9,14-17,20-21H,2-7,10-13H2,1H3,(H,23,24)/b9-8+/t14-,15+,16+,17+/m0/s1. The van der Waals surface area contributed by atoms with Gasteiger partial charge in [-0.05, 0) is 30.8 Å². The van der Waals surface area contributed by atoms with Crippen LogP contribution in [0.25, 0.3) is 0 Å². The van der Waals surface area contributed by atoms with Gasteiger partial charge in [0.25, 0.3) is 0 Å². The predicted molar refractivity (Wildman–Crippen MR) is 101 cm³/mol. The number of thioether (sulfide) groups is 1. The normalized spacial score (nSPS) is 24.9. The van der Waals surface area contributed by atoms with Crippen LogP contribution < -0.4 is 0 Å². The molecule has 0 radical (unpaired) electrons. The van der Waals surface area contributed by atoms with Crippen molar-refractivity contribution in [3.8, 4) is 0 Å². The van der Waals surface area contributed by atoms with Crippen LogP contribution in [0.15, 0.2) is 12.2 Å². The van der Waals surface area contributed by atoms with Crippen molar-refractivity contribution in [2.24, 2.45) is 11.8 Å². The van der Waals surface area contributed by atoms with Gasteiger partial charge in [-0.3, -0.25) is 9.59 Å². The predicted octanol–water partition coefficient (Wildman–Crippen LogP) is 3.04. The maximum atomic E-state index is 12.1. The first-order valence-electron chi connectivity index (χ1n) is 9.32. The highest BCUT2D eigenvalue weighted by Crippen LogP contribution is 2.34. The largest absolute Gasteiger partial charge is 0.481 e. The van der Waals surface area contributed by atoms with E-state index in [1.54, 1.807) is 17.8 Å². The van der Waals surface area contributed by atoms with Gasteiger partial charge < -0.3 is 15.3 Å². The van der Waals surface area contributed by atoms with Gasteiger partial charge in [0.2, 0.25) is 0 Å². The summed E-state index contributed by atoms with van der Waals surface area (Å²) in [6.45, 7) is 2.12. The number of aliphatic hydroxyl groups excluding tert-OH is 2. The van der Waals surface area contributed by atoms with E-state index in [0.717, 1.165) is 30.8 Å². The molecule has 1 aliphatic rings.